The predicted molar refractivity (Wildman–Crippen MR) is 290 cm³/mol. The van der Waals surface area contributed by atoms with Crippen LogP contribution >= 0.6 is 84.8 Å². The second-order valence-electron chi connectivity index (χ2n) is 10.2. The fourth-order valence-electron chi connectivity index (χ4n) is 2.56. The number of carboxylic acid groups (broad SMARTS) is 1. The molecule has 0 bridgehead atoms. The van der Waals surface area contributed by atoms with Gasteiger partial charge < -0.3 is 85.9 Å². The first-order chi connectivity index (χ1) is 29.9. The van der Waals surface area contributed by atoms with Crippen LogP contribution in [0.1, 0.15) is 143 Å². The van der Waals surface area contributed by atoms with E-state index < -0.39 is 48.5 Å². The van der Waals surface area contributed by atoms with E-state index in [1.807, 2.05) is 13.8 Å². The summed E-state index contributed by atoms with van der Waals surface area (Å²) in [5.41, 5.74) is 4.69. The largest absolute Gasteiger partial charge is 4.00 e. The van der Waals surface area contributed by atoms with Gasteiger partial charge in [0.1, 0.15) is 6.61 Å². The van der Waals surface area contributed by atoms with Crippen molar-refractivity contribution in [3.05, 3.63) is 47.9 Å². The first kappa shape index (κ1) is 132. The molecule has 0 heterocycles. The van der Waals surface area contributed by atoms with Gasteiger partial charge in [-0.15, -0.1) is 0 Å². The molecule has 0 fully saturated rings. The van der Waals surface area contributed by atoms with E-state index in [0.717, 1.165) is 90.4 Å². The summed E-state index contributed by atoms with van der Waals surface area (Å²) in [5.74, 6) is 1.60. The number of Topliss-reactive ketones (excluding diaryl/α,β-unsaturated/α-hetero) is 1. The van der Waals surface area contributed by atoms with Crippen LogP contribution in [0.2, 0.25) is 0 Å². The van der Waals surface area contributed by atoms with Gasteiger partial charge in [-0.25, -0.2) is 22.3 Å². The molecule has 0 spiro atoms. The molecule has 0 saturated carbocycles. The Morgan fingerprint density at radius 2 is 0.847 bits per heavy atom. The van der Waals surface area contributed by atoms with Crippen LogP contribution < -0.4 is 34.6 Å². The van der Waals surface area contributed by atoms with Crippen molar-refractivity contribution in [2.24, 2.45) is 5.90 Å². The Labute approximate surface area is 546 Å². The third-order valence-corrected chi connectivity index (χ3v) is 5.11. The predicted octanol–water partition coefficient (Wildman–Crippen LogP) is 11.8. The third-order valence-electron chi connectivity index (χ3n) is 5.11. The first-order valence-corrected chi connectivity index (χ1v) is 60.1. The molecule has 0 radical (unpaired) electrons. The monoisotopic (exact) mass is 2020 g/mol. The Morgan fingerprint density at radius 3 is 1.00 bits per heavy atom. The molecule has 0 rings (SSSR count). The standard InChI is InChI=1S/C7H14O2.3C6H12NO2.C6H12O2.C2H4O2.2CH3.9ClH.2K.H3NO.2H3N.2H2N.H2O.4Pt/c1-3-5-6-7(8)9-4-2;3*1-2-3-4-5-6(8)7-9;1-2-3-4-6(8)5-7;1-2(3)4;;;;;;;;;;;;;;1-2;;;;;;;;;/h3-6H2,1-2H3;3*9H,1-5H2,(H,7,8);7H,2-5H2,1H3;1H3,(H,3,4);2*1H3;9*1H;;;2H,1H2;2*1H3;3*1H2;;;;/q;3*-1;;;2*-1;;;;;;;;;;;;;;;2*-1;;+3;3*+4/p-9. The number of carbonyl (C=O) groups excluding carboxylic acids is 5. The normalized spacial score (nSPS) is 8.11. The number of aliphatic carboxylic acids is 1. The van der Waals surface area contributed by atoms with Crippen molar-refractivity contribution in [3.63, 3.8) is 0 Å². The molecule has 23 N–H and O–H groups in total. The molecule has 0 aromatic rings. The molecule has 457 valence electrons. The summed E-state index contributed by atoms with van der Waals surface area (Å²) in [7, 11) is 44.7. The maximum absolute atomic E-state index is 10.6. The molecule has 0 aliphatic rings. The maximum Gasteiger partial charge on any atom is 4.00 e. The Morgan fingerprint density at radius 1 is 0.639 bits per heavy atom. The van der Waals surface area contributed by atoms with Gasteiger partial charge in [0.15, 0.2) is 5.78 Å². The van der Waals surface area contributed by atoms with Gasteiger partial charge in [-0.1, -0.05) is 46.0 Å². The van der Waals surface area contributed by atoms with Gasteiger partial charge in [0.2, 0.25) is 17.7 Å². The quantitative estimate of drug-likeness (QED) is 0.0135. The molecule has 0 atom stereocenters. The molecular weight excluding hydrogens is 1930 g/mol. The number of amides is 3. The average Bonchev–Trinajstić information content (AvgIpc) is 3.23. The number of nitrogens with two attached hydrogens (primary N) is 3. The molecule has 0 aliphatic heterocycles. The number of hydrogen-bond donors (Lipinski definition) is 12. The van der Waals surface area contributed by atoms with Crippen LogP contribution in [0.3, 0.4) is 0 Å². The van der Waals surface area contributed by atoms with Crippen molar-refractivity contribution in [2.75, 3.05) is 13.2 Å². The average molecular weight is 2020 g/mol. The van der Waals surface area contributed by atoms with E-state index in [4.69, 9.17) is 125 Å². The number of carbonyl (C=O) groups is 6. The minimum atomic E-state index is -3.06. The van der Waals surface area contributed by atoms with E-state index in [2.05, 4.69) is 33.6 Å². The molecule has 3 amide bonds. The molecular formula is C35H87Cl9K2N8O14Pt4-. The number of rotatable bonds is 20. The molecule has 0 aromatic heterocycles. The van der Waals surface area contributed by atoms with E-state index >= 15 is 0 Å². The van der Waals surface area contributed by atoms with Gasteiger partial charge >= 0.3 is 218 Å². The van der Waals surface area contributed by atoms with Crippen molar-refractivity contribution in [1.29, 1.82) is 0 Å². The number of hydrogen-bond acceptors (Lipinski definition) is 15. The number of aliphatic hydroxyl groups excluding tert-OH is 1. The van der Waals surface area contributed by atoms with E-state index in [0.29, 0.717) is 38.7 Å². The van der Waals surface area contributed by atoms with E-state index in [1.165, 1.54) is 63.2 Å². The van der Waals surface area contributed by atoms with Gasteiger partial charge in [0.25, 0.3) is 5.97 Å². The van der Waals surface area contributed by atoms with Crippen LogP contribution in [0.4, 0.5) is 0 Å². The number of unbranched alkanes of at least 4 members (excludes halogenated alkanes) is 8. The molecule has 22 nitrogen and oxygen atoms in total. The van der Waals surface area contributed by atoms with E-state index in [9.17, 15) is 24.0 Å². The van der Waals surface area contributed by atoms with Crippen LogP contribution in [-0.4, -0.2) is 148 Å². The Kier molecular flexibility index (Phi) is 242. The minimum Gasteiger partial charge on any atom is -0.693 e. The Balaban J connectivity index is -0.0000000257. The van der Waals surface area contributed by atoms with Crippen molar-refractivity contribution in [1.82, 2.24) is 28.7 Å². The summed E-state index contributed by atoms with van der Waals surface area (Å²) in [4.78, 5) is 60.8. The first-order valence-electron chi connectivity index (χ1n) is 18.8. The number of aliphatic hydroxyl groups is 1. The molecule has 72 heavy (non-hydrogen) atoms. The van der Waals surface area contributed by atoms with Gasteiger partial charge in [-0.05, 0) is 39.0 Å². The number of carboxylic acids is 1. The van der Waals surface area contributed by atoms with Crippen LogP contribution in [0, 0.1) is 35.6 Å². The molecule has 37 heteroatoms. The summed E-state index contributed by atoms with van der Waals surface area (Å²) in [6.07, 6.45) is 14.0. The van der Waals surface area contributed by atoms with Crippen LogP contribution in [0.25, 0.3) is 12.3 Å². The Hall–Kier alpha value is 5.22. The van der Waals surface area contributed by atoms with E-state index in [-0.39, 0.29) is 102 Å². The number of ether oxygens (including phenoxy) is 1. The molecule has 0 unspecified atom stereocenters. The van der Waals surface area contributed by atoms with Gasteiger partial charge in [0, 0.05) is 39.0 Å². The zero-order valence-corrected chi connectivity index (χ0v) is 64.8. The number of hydroxylamine groups is 3. The second-order valence-corrected chi connectivity index (χ2v) is 43.0. The zero-order valence-electron chi connectivity index (χ0n) is 42.6. The molecule has 0 aromatic carbocycles. The van der Waals surface area contributed by atoms with Crippen molar-refractivity contribution < 1.29 is 134 Å². The van der Waals surface area contributed by atoms with Crippen LogP contribution in [0.15, 0.2) is 0 Å². The fraction of sp³-hybridized carbons (Fsp3) is 0.686. The minimum absolute atomic E-state index is 0. The number of nitrogens with one attached hydrogen (secondary N) is 3. The van der Waals surface area contributed by atoms with Crippen molar-refractivity contribution in [3.8, 4) is 0 Å². The molecule has 0 aliphatic carbocycles. The maximum atomic E-state index is 10.6. The Bertz CT molecular complexity index is 906. The van der Waals surface area contributed by atoms with Crippen LogP contribution in [-0.2, 0) is 97.1 Å². The smallest absolute Gasteiger partial charge is 0.693 e. The van der Waals surface area contributed by atoms with Crippen molar-refractivity contribution in [2.45, 2.75) is 143 Å². The second kappa shape index (κ2) is 132. The summed E-state index contributed by atoms with van der Waals surface area (Å²) in [5, 5.41) is 46.2. The van der Waals surface area contributed by atoms with Crippen molar-refractivity contribution >= 4 is 183 Å². The number of esters is 1. The summed E-state index contributed by atoms with van der Waals surface area (Å²) in [6.45, 7) is 18.0. The number of ketones is 1. The molecule has 0 saturated heterocycles. The summed E-state index contributed by atoms with van der Waals surface area (Å²) < 4.78 is 4.70. The fourth-order valence-corrected chi connectivity index (χ4v) is 2.56. The third kappa shape index (κ3) is 269. The van der Waals surface area contributed by atoms with Gasteiger partial charge in [-0.3, -0.25) is 44.4 Å². The van der Waals surface area contributed by atoms with Gasteiger partial charge in [0.05, 0.1) is 6.61 Å². The summed E-state index contributed by atoms with van der Waals surface area (Å²) >= 11 is -2.88. The van der Waals surface area contributed by atoms with E-state index in [1.54, 1.807) is 16.4 Å². The van der Waals surface area contributed by atoms with Gasteiger partial charge in [-0.2, -0.15) is 19.3 Å². The summed E-state index contributed by atoms with van der Waals surface area (Å²) in [6, 6.07) is 0. The number of halogens is 9. The SMILES string of the molecule is CC(=O)O.CCCCC(=O)CO.CCCCC(=O)OCC.N.N.NO.O.[CH2-]CCCCC(=O)NO.[CH2-]CCCCC(=O)NO.[CH2-]CCCCC(=O)NO.[CH3-].[CH3-].[Cl][Pt+2][Cl].[Cl][Pt]([Cl])([Cl])[Cl].[Cl][Pt]([Cl])[Cl].[K][K].[NH2-].[NH2-].[Pt+4]. The van der Waals surface area contributed by atoms with Crippen LogP contribution in [0.5, 0.6) is 0 Å². The topological polar surface area (TPSA) is 464 Å². The zero-order chi connectivity index (χ0) is 53.2.